The largest absolute Gasteiger partial charge is 0.465 e. The summed E-state index contributed by atoms with van der Waals surface area (Å²) in [7, 11) is 0. The first-order valence-electron chi connectivity index (χ1n) is 13.5. The van der Waals surface area contributed by atoms with E-state index in [9.17, 15) is 14.7 Å². The zero-order valence-corrected chi connectivity index (χ0v) is 21.8. The standard InChI is InChI=1S/C27H46N2O6/c1-3-33-26(31)24(16-10-5-4-6-12-20-34-25-17-11-13-21-35-25)29(28-22-30)19-18-27(2,32)23-14-8-7-9-15-23/h22-25,32H,3-5,7-11,13-21H2,1-2H3,(H,28,30). The minimum atomic E-state index is -0.831. The molecule has 1 aliphatic carbocycles. The van der Waals surface area contributed by atoms with E-state index in [4.69, 9.17) is 14.2 Å². The molecule has 0 bridgehead atoms. The maximum absolute atomic E-state index is 12.7. The first-order valence-corrected chi connectivity index (χ1v) is 13.5. The van der Waals surface area contributed by atoms with Crippen LogP contribution in [0, 0.1) is 17.8 Å². The highest BCUT2D eigenvalue weighted by molar-refractivity contribution is 5.75. The molecule has 0 aromatic rings. The van der Waals surface area contributed by atoms with E-state index in [2.05, 4.69) is 17.3 Å². The smallest absolute Gasteiger partial charge is 0.325 e. The predicted octanol–water partition coefficient (Wildman–Crippen LogP) is 3.71. The third-order valence-electron chi connectivity index (χ3n) is 7.13. The van der Waals surface area contributed by atoms with Gasteiger partial charge in [0, 0.05) is 19.6 Å². The number of amides is 1. The number of hydrazine groups is 1. The van der Waals surface area contributed by atoms with E-state index in [0.29, 0.717) is 38.8 Å². The number of carbonyl (C=O) groups is 2. The van der Waals surface area contributed by atoms with Gasteiger partial charge in [-0.2, -0.15) is 0 Å². The van der Waals surface area contributed by atoms with Gasteiger partial charge in [0.05, 0.1) is 12.2 Å². The number of nitrogens with one attached hydrogen (secondary N) is 1. The summed E-state index contributed by atoms with van der Waals surface area (Å²) >= 11 is 0. The van der Waals surface area contributed by atoms with Crippen LogP contribution < -0.4 is 5.43 Å². The fourth-order valence-corrected chi connectivity index (χ4v) is 4.96. The maximum atomic E-state index is 12.7. The Balaban J connectivity index is 1.81. The van der Waals surface area contributed by atoms with Crippen LogP contribution in [-0.4, -0.2) is 66.8 Å². The number of hydrogen-bond acceptors (Lipinski definition) is 7. The van der Waals surface area contributed by atoms with Gasteiger partial charge in [-0.25, -0.2) is 5.01 Å². The van der Waals surface area contributed by atoms with Crippen LogP contribution in [0.3, 0.4) is 0 Å². The van der Waals surface area contributed by atoms with E-state index >= 15 is 0 Å². The molecule has 0 spiro atoms. The topological polar surface area (TPSA) is 97.3 Å². The second-order valence-corrected chi connectivity index (χ2v) is 9.86. The molecule has 1 saturated carbocycles. The first kappa shape index (κ1) is 29.6. The van der Waals surface area contributed by atoms with E-state index in [0.717, 1.165) is 64.4 Å². The summed E-state index contributed by atoms with van der Waals surface area (Å²) in [6.07, 6.45) is 12.5. The van der Waals surface area contributed by atoms with Crippen molar-refractivity contribution in [1.82, 2.24) is 10.4 Å². The highest BCUT2D eigenvalue weighted by Crippen LogP contribution is 2.34. The van der Waals surface area contributed by atoms with Crippen LogP contribution in [0.15, 0.2) is 0 Å². The Labute approximate surface area is 211 Å². The first-order chi connectivity index (χ1) is 17.0. The van der Waals surface area contributed by atoms with Gasteiger partial charge in [-0.1, -0.05) is 31.6 Å². The molecule has 3 unspecified atom stereocenters. The van der Waals surface area contributed by atoms with Crippen molar-refractivity contribution in [3.8, 4) is 11.8 Å². The molecule has 2 N–H and O–H groups in total. The lowest BCUT2D eigenvalue weighted by Crippen LogP contribution is -2.52. The fourth-order valence-electron chi connectivity index (χ4n) is 4.96. The van der Waals surface area contributed by atoms with Gasteiger partial charge in [-0.3, -0.25) is 15.0 Å². The second kappa shape index (κ2) is 16.9. The molecule has 8 nitrogen and oxygen atoms in total. The van der Waals surface area contributed by atoms with Gasteiger partial charge in [-0.05, 0) is 71.1 Å². The number of esters is 1. The quantitative estimate of drug-likeness (QED) is 0.118. The van der Waals surface area contributed by atoms with Crippen molar-refractivity contribution < 1.29 is 28.9 Å². The van der Waals surface area contributed by atoms with Gasteiger partial charge in [0.2, 0.25) is 6.41 Å². The van der Waals surface area contributed by atoms with Gasteiger partial charge >= 0.3 is 5.97 Å². The number of nitrogens with zero attached hydrogens (tertiary/aromatic N) is 1. The Kier molecular flexibility index (Phi) is 14.3. The molecule has 1 aliphatic heterocycles. The lowest BCUT2D eigenvalue weighted by atomic mass is 9.76. The van der Waals surface area contributed by atoms with Crippen LogP contribution in [0.2, 0.25) is 0 Å². The number of aliphatic hydroxyl groups is 1. The summed E-state index contributed by atoms with van der Waals surface area (Å²) < 4.78 is 16.4. The predicted molar refractivity (Wildman–Crippen MR) is 134 cm³/mol. The minimum Gasteiger partial charge on any atom is -0.465 e. The Hall–Kier alpha value is -1.66. The molecule has 35 heavy (non-hydrogen) atoms. The lowest BCUT2D eigenvalue weighted by Gasteiger charge is -2.38. The number of ether oxygens (including phenoxy) is 3. The van der Waals surface area contributed by atoms with Crippen molar-refractivity contribution in [3.05, 3.63) is 0 Å². The maximum Gasteiger partial charge on any atom is 0.325 e. The molecule has 2 fully saturated rings. The lowest BCUT2D eigenvalue weighted by molar-refractivity contribution is -0.154. The van der Waals surface area contributed by atoms with Crippen molar-refractivity contribution >= 4 is 12.4 Å². The number of hydrogen-bond donors (Lipinski definition) is 2. The molecule has 0 radical (unpaired) electrons. The molecule has 3 atom stereocenters. The summed E-state index contributed by atoms with van der Waals surface area (Å²) in [5.74, 6) is 6.05. The van der Waals surface area contributed by atoms with Gasteiger partial charge in [-0.15, -0.1) is 5.92 Å². The van der Waals surface area contributed by atoms with Crippen molar-refractivity contribution in [3.63, 3.8) is 0 Å². The van der Waals surface area contributed by atoms with E-state index in [1.54, 1.807) is 11.9 Å². The normalized spacial score (nSPS) is 21.4. The van der Waals surface area contributed by atoms with Gasteiger partial charge in [0.15, 0.2) is 6.29 Å². The van der Waals surface area contributed by atoms with Crippen LogP contribution in [0.5, 0.6) is 0 Å². The minimum absolute atomic E-state index is 0.126. The summed E-state index contributed by atoms with van der Waals surface area (Å²) in [4.78, 5) is 24.0. The summed E-state index contributed by atoms with van der Waals surface area (Å²) in [5.41, 5.74) is 1.85. The number of carbonyl (C=O) groups excluding carboxylic acids is 2. The summed E-state index contributed by atoms with van der Waals surface area (Å²) in [6, 6.07) is -0.595. The third kappa shape index (κ3) is 11.3. The molecule has 0 aromatic heterocycles. The van der Waals surface area contributed by atoms with Crippen LogP contribution >= 0.6 is 0 Å². The molecule has 1 heterocycles. The van der Waals surface area contributed by atoms with Crippen LogP contribution in [-0.2, 0) is 23.8 Å². The molecular weight excluding hydrogens is 448 g/mol. The van der Waals surface area contributed by atoms with Gasteiger partial charge < -0.3 is 19.3 Å². The van der Waals surface area contributed by atoms with E-state index < -0.39 is 11.6 Å². The van der Waals surface area contributed by atoms with E-state index in [1.165, 1.54) is 6.42 Å². The highest BCUT2D eigenvalue weighted by atomic mass is 16.7. The Morgan fingerprint density at radius 3 is 2.66 bits per heavy atom. The van der Waals surface area contributed by atoms with Gasteiger partial charge in [0.1, 0.15) is 12.6 Å². The molecule has 1 saturated heterocycles. The Morgan fingerprint density at radius 1 is 1.20 bits per heavy atom. The second-order valence-electron chi connectivity index (χ2n) is 9.86. The third-order valence-corrected chi connectivity index (χ3v) is 7.13. The molecule has 200 valence electrons. The molecule has 2 aliphatic rings. The van der Waals surface area contributed by atoms with E-state index in [-0.39, 0.29) is 24.8 Å². The molecule has 2 rings (SSSR count). The average molecular weight is 495 g/mol. The summed E-state index contributed by atoms with van der Waals surface area (Å²) in [5, 5.41) is 12.7. The molecule has 8 heteroatoms. The highest BCUT2D eigenvalue weighted by Gasteiger charge is 2.35. The van der Waals surface area contributed by atoms with Crippen molar-refractivity contribution in [2.75, 3.05) is 26.4 Å². The van der Waals surface area contributed by atoms with Crippen LogP contribution in [0.25, 0.3) is 0 Å². The monoisotopic (exact) mass is 494 g/mol. The van der Waals surface area contributed by atoms with Crippen molar-refractivity contribution in [2.24, 2.45) is 5.92 Å². The molecule has 1 amide bonds. The Bertz CT molecular complexity index is 662. The SMILES string of the molecule is CCOC(=O)C(CCCCC#CCOC1CCCCO1)N(CCC(C)(O)C1CCCCC1)NC=O. The van der Waals surface area contributed by atoms with Crippen molar-refractivity contribution in [1.29, 1.82) is 0 Å². The zero-order chi connectivity index (χ0) is 25.4. The zero-order valence-electron chi connectivity index (χ0n) is 21.8. The number of rotatable bonds is 15. The fraction of sp³-hybridized carbons (Fsp3) is 0.852. The Morgan fingerprint density at radius 2 is 1.97 bits per heavy atom. The van der Waals surface area contributed by atoms with Crippen molar-refractivity contribution in [2.45, 2.75) is 115 Å². The van der Waals surface area contributed by atoms with Crippen LogP contribution in [0.1, 0.15) is 97.3 Å². The summed E-state index contributed by atoms with van der Waals surface area (Å²) in [6.45, 7) is 5.44. The average Bonchev–Trinajstić information content (AvgIpc) is 2.87. The van der Waals surface area contributed by atoms with Gasteiger partial charge in [0.25, 0.3) is 0 Å². The van der Waals surface area contributed by atoms with Crippen LogP contribution in [0.4, 0.5) is 0 Å². The molecule has 0 aromatic carbocycles. The molecular formula is C27H46N2O6. The number of unbranched alkanes of at least 4 members (excludes halogenated alkanes) is 2. The van der Waals surface area contributed by atoms with E-state index in [1.807, 2.05) is 6.92 Å².